The van der Waals surface area contributed by atoms with Gasteiger partial charge >= 0.3 is 0 Å². The molecule has 5 aromatic rings. The van der Waals surface area contributed by atoms with E-state index < -0.39 is 0 Å². The average Bonchev–Trinajstić information content (AvgIpc) is 3.26. The Morgan fingerprint density at radius 3 is 1.95 bits per heavy atom. The summed E-state index contributed by atoms with van der Waals surface area (Å²) in [7, 11) is 0. The first-order valence-electron chi connectivity index (χ1n) is 14.3. The SMILES string of the molecule is C=C/C(=C\C=C/C)c1ccc(N(c2ccc(-c3ccccc3)cc2)c2cccc3c2-c2ccccc2C3(C)C)cc1. The molecule has 1 nitrogen and oxygen atoms in total. The molecule has 0 saturated carbocycles. The van der Waals surface area contributed by atoms with E-state index in [0.29, 0.717) is 0 Å². The van der Waals surface area contributed by atoms with Crippen LogP contribution in [0.5, 0.6) is 0 Å². The molecule has 200 valence electrons. The van der Waals surface area contributed by atoms with Gasteiger partial charge in [0.25, 0.3) is 0 Å². The molecule has 0 unspecified atom stereocenters. The fraction of sp³-hybridized carbons (Fsp3) is 0.100. The molecule has 0 fully saturated rings. The van der Waals surface area contributed by atoms with E-state index >= 15 is 0 Å². The molecule has 1 aliphatic carbocycles. The second kappa shape index (κ2) is 10.9. The maximum Gasteiger partial charge on any atom is 0.0543 e. The van der Waals surface area contributed by atoms with Gasteiger partial charge < -0.3 is 4.90 Å². The number of nitrogens with zero attached hydrogens (tertiary/aromatic N) is 1. The minimum atomic E-state index is -0.0644. The largest absolute Gasteiger partial charge is 0.310 e. The molecular weight excluding hydrogens is 494 g/mol. The minimum Gasteiger partial charge on any atom is -0.310 e. The fourth-order valence-corrected chi connectivity index (χ4v) is 6.07. The molecule has 41 heavy (non-hydrogen) atoms. The highest BCUT2D eigenvalue weighted by atomic mass is 15.1. The normalized spacial score (nSPS) is 13.6. The summed E-state index contributed by atoms with van der Waals surface area (Å²) in [4.78, 5) is 2.40. The Kier molecular flexibility index (Phi) is 7.03. The van der Waals surface area contributed by atoms with Crippen LogP contribution in [-0.2, 0) is 5.41 Å². The van der Waals surface area contributed by atoms with Crippen molar-refractivity contribution in [1.29, 1.82) is 0 Å². The third kappa shape index (κ3) is 4.74. The van der Waals surface area contributed by atoms with Crippen molar-refractivity contribution in [2.24, 2.45) is 0 Å². The van der Waals surface area contributed by atoms with Gasteiger partial charge in [0.1, 0.15) is 0 Å². The zero-order valence-corrected chi connectivity index (χ0v) is 24.0. The smallest absolute Gasteiger partial charge is 0.0543 e. The zero-order valence-electron chi connectivity index (χ0n) is 24.0. The van der Waals surface area contributed by atoms with Gasteiger partial charge in [0.15, 0.2) is 0 Å². The third-order valence-corrected chi connectivity index (χ3v) is 8.21. The number of rotatable bonds is 7. The van der Waals surface area contributed by atoms with E-state index in [1.807, 2.05) is 19.1 Å². The summed E-state index contributed by atoms with van der Waals surface area (Å²) in [5.41, 5.74) is 13.4. The van der Waals surface area contributed by atoms with Gasteiger partial charge in [-0.2, -0.15) is 0 Å². The zero-order chi connectivity index (χ0) is 28.4. The molecule has 0 atom stereocenters. The number of allylic oxidation sites excluding steroid dienone is 5. The molecule has 1 aliphatic rings. The molecule has 0 aromatic heterocycles. The average molecular weight is 530 g/mol. The highest BCUT2D eigenvalue weighted by molar-refractivity contribution is 5.95. The lowest BCUT2D eigenvalue weighted by atomic mass is 9.82. The van der Waals surface area contributed by atoms with Gasteiger partial charge in [-0.1, -0.05) is 136 Å². The topological polar surface area (TPSA) is 3.24 Å². The van der Waals surface area contributed by atoms with Crippen LogP contribution in [0.4, 0.5) is 17.1 Å². The highest BCUT2D eigenvalue weighted by Gasteiger charge is 2.37. The van der Waals surface area contributed by atoms with E-state index in [1.54, 1.807) is 0 Å². The Morgan fingerprint density at radius 1 is 0.659 bits per heavy atom. The van der Waals surface area contributed by atoms with E-state index in [4.69, 9.17) is 0 Å². The quantitative estimate of drug-likeness (QED) is 0.190. The third-order valence-electron chi connectivity index (χ3n) is 8.21. The Labute approximate surface area is 244 Å². The highest BCUT2D eigenvalue weighted by Crippen LogP contribution is 2.54. The van der Waals surface area contributed by atoms with Crippen molar-refractivity contribution < 1.29 is 0 Å². The van der Waals surface area contributed by atoms with Gasteiger partial charge in [-0.15, -0.1) is 0 Å². The van der Waals surface area contributed by atoms with Crippen molar-refractivity contribution in [3.8, 4) is 22.3 Å². The molecule has 5 aromatic carbocycles. The monoisotopic (exact) mass is 529 g/mol. The molecule has 0 amide bonds. The van der Waals surface area contributed by atoms with Gasteiger partial charge in [-0.05, 0) is 76.2 Å². The first-order valence-corrected chi connectivity index (χ1v) is 14.3. The van der Waals surface area contributed by atoms with Crippen molar-refractivity contribution in [1.82, 2.24) is 0 Å². The first kappa shape index (κ1) is 26.3. The number of hydrogen-bond donors (Lipinski definition) is 0. The van der Waals surface area contributed by atoms with E-state index in [2.05, 4.69) is 159 Å². The molecular formula is C40H35N. The van der Waals surface area contributed by atoms with Gasteiger partial charge in [0, 0.05) is 22.4 Å². The summed E-state index contributed by atoms with van der Waals surface area (Å²) in [5, 5.41) is 0. The van der Waals surface area contributed by atoms with Crippen molar-refractivity contribution >= 4 is 22.6 Å². The molecule has 0 N–H and O–H groups in total. The minimum absolute atomic E-state index is 0.0644. The van der Waals surface area contributed by atoms with Crippen LogP contribution >= 0.6 is 0 Å². The van der Waals surface area contributed by atoms with Crippen molar-refractivity contribution in [2.75, 3.05) is 4.90 Å². The van der Waals surface area contributed by atoms with Gasteiger partial charge in [0.2, 0.25) is 0 Å². The summed E-state index contributed by atoms with van der Waals surface area (Å²) in [6, 6.07) is 43.9. The predicted molar refractivity (Wildman–Crippen MR) is 177 cm³/mol. The van der Waals surface area contributed by atoms with Crippen LogP contribution in [0.2, 0.25) is 0 Å². The number of hydrogen-bond acceptors (Lipinski definition) is 1. The Morgan fingerprint density at radius 2 is 1.27 bits per heavy atom. The Balaban J connectivity index is 1.52. The van der Waals surface area contributed by atoms with Crippen molar-refractivity contribution in [3.63, 3.8) is 0 Å². The van der Waals surface area contributed by atoms with Crippen LogP contribution in [0.3, 0.4) is 0 Å². The van der Waals surface area contributed by atoms with E-state index in [9.17, 15) is 0 Å². The lowest BCUT2D eigenvalue weighted by molar-refractivity contribution is 0.660. The molecule has 0 aliphatic heterocycles. The second-order valence-corrected chi connectivity index (χ2v) is 11.0. The van der Waals surface area contributed by atoms with Gasteiger partial charge in [0.05, 0.1) is 5.69 Å². The number of fused-ring (bicyclic) bond motifs is 3. The van der Waals surface area contributed by atoms with Crippen LogP contribution in [0, 0.1) is 0 Å². The predicted octanol–water partition coefficient (Wildman–Crippen LogP) is 11.3. The standard InChI is InChI=1S/C40H35N/c1-5-7-14-29(6-2)31-21-25-33(26-22-31)41(34-27-23-32(24-28-34)30-15-9-8-10-16-30)38-20-13-19-37-39(38)35-17-11-12-18-36(35)40(37,3)4/h5-28H,2H2,1,3-4H3/b7-5-,29-14+. The maximum absolute atomic E-state index is 4.04. The van der Waals surface area contributed by atoms with Crippen LogP contribution in [0.15, 0.2) is 152 Å². The summed E-state index contributed by atoms with van der Waals surface area (Å²) >= 11 is 0. The first-order chi connectivity index (χ1) is 20.0. The van der Waals surface area contributed by atoms with Crippen LogP contribution in [0.1, 0.15) is 37.5 Å². The Bertz CT molecular complexity index is 1750. The maximum atomic E-state index is 4.04. The van der Waals surface area contributed by atoms with E-state index in [-0.39, 0.29) is 5.41 Å². The molecule has 1 heteroatoms. The fourth-order valence-electron chi connectivity index (χ4n) is 6.07. The van der Waals surface area contributed by atoms with Crippen molar-refractivity contribution in [2.45, 2.75) is 26.2 Å². The van der Waals surface area contributed by atoms with Crippen molar-refractivity contribution in [3.05, 3.63) is 169 Å². The van der Waals surface area contributed by atoms with Crippen LogP contribution in [-0.4, -0.2) is 0 Å². The van der Waals surface area contributed by atoms with Gasteiger partial charge in [-0.25, -0.2) is 0 Å². The van der Waals surface area contributed by atoms with Gasteiger partial charge in [-0.3, -0.25) is 0 Å². The Hall–Kier alpha value is -4.88. The van der Waals surface area contributed by atoms with E-state index in [1.165, 1.54) is 39.1 Å². The van der Waals surface area contributed by atoms with E-state index in [0.717, 1.165) is 22.5 Å². The molecule has 6 rings (SSSR count). The number of anilines is 3. The summed E-state index contributed by atoms with van der Waals surface area (Å²) in [6.45, 7) is 10.7. The molecule has 0 heterocycles. The van der Waals surface area contributed by atoms with Crippen LogP contribution < -0.4 is 4.90 Å². The number of benzene rings is 5. The summed E-state index contributed by atoms with van der Waals surface area (Å²) in [6.07, 6.45) is 8.11. The molecule has 0 spiro atoms. The lowest BCUT2D eigenvalue weighted by Crippen LogP contribution is -2.16. The van der Waals surface area contributed by atoms with Crippen LogP contribution in [0.25, 0.3) is 27.8 Å². The second-order valence-electron chi connectivity index (χ2n) is 11.0. The summed E-state index contributed by atoms with van der Waals surface area (Å²) < 4.78 is 0. The molecule has 0 radical (unpaired) electrons. The molecule has 0 saturated heterocycles. The summed E-state index contributed by atoms with van der Waals surface area (Å²) in [5.74, 6) is 0. The molecule has 0 bridgehead atoms. The lowest BCUT2D eigenvalue weighted by Gasteiger charge is -2.29.